The molecule has 1 aromatic heterocycles. The number of nitrogens with zero attached hydrogens (tertiary/aromatic N) is 1. The van der Waals surface area contributed by atoms with Crippen LogP contribution in [0, 0.1) is 0 Å². The summed E-state index contributed by atoms with van der Waals surface area (Å²) in [5, 5.41) is 4.82. The Morgan fingerprint density at radius 3 is 2.50 bits per heavy atom. The fourth-order valence-corrected chi connectivity index (χ4v) is 5.51. The SMILES string of the molecule is CCCC(NCc1ccc(OC)cc1)c1ccc2cc(C(=O)N(CCC)c3ccccc3N)sc2c1. The Morgan fingerprint density at radius 2 is 1.81 bits per heavy atom. The summed E-state index contributed by atoms with van der Waals surface area (Å²) in [6.07, 6.45) is 2.97. The first-order valence-corrected chi connectivity index (χ1v) is 13.4. The number of nitrogens with two attached hydrogens (primary N) is 1. The van der Waals surface area contributed by atoms with Gasteiger partial charge < -0.3 is 20.7 Å². The molecular formula is C30H35N3O2S. The molecule has 0 bridgehead atoms. The van der Waals surface area contributed by atoms with Gasteiger partial charge in [-0.3, -0.25) is 4.79 Å². The predicted molar refractivity (Wildman–Crippen MR) is 152 cm³/mol. The van der Waals surface area contributed by atoms with Crippen LogP contribution in [0.5, 0.6) is 5.75 Å². The van der Waals surface area contributed by atoms with Crippen LogP contribution in [0.3, 0.4) is 0 Å². The molecule has 3 aromatic carbocycles. The number of rotatable bonds is 11. The van der Waals surface area contributed by atoms with Crippen molar-refractivity contribution >= 4 is 38.7 Å². The van der Waals surface area contributed by atoms with Crippen molar-refractivity contribution in [2.24, 2.45) is 0 Å². The van der Waals surface area contributed by atoms with Crippen molar-refractivity contribution in [3.05, 3.63) is 88.8 Å². The van der Waals surface area contributed by atoms with Gasteiger partial charge >= 0.3 is 0 Å². The van der Waals surface area contributed by atoms with Crippen molar-refractivity contribution < 1.29 is 9.53 Å². The summed E-state index contributed by atoms with van der Waals surface area (Å²) in [4.78, 5) is 16.1. The van der Waals surface area contributed by atoms with Gasteiger partial charge in [0.25, 0.3) is 5.91 Å². The lowest BCUT2D eigenvalue weighted by Gasteiger charge is -2.23. The van der Waals surface area contributed by atoms with E-state index in [-0.39, 0.29) is 11.9 Å². The van der Waals surface area contributed by atoms with Crippen molar-refractivity contribution in [3.63, 3.8) is 0 Å². The number of thiophene rings is 1. The minimum atomic E-state index is 0.000221. The summed E-state index contributed by atoms with van der Waals surface area (Å²) in [5.41, 5.74) is 10.1. The zero-order chi connectivity index (χ0) is 25.5. The van der Waals surface area contributed by atoms with E-state index >= 15 is 0 Å². The highest BCUT2D eigenvalue weighted by Gasteiger charge is 2.21. The Kier molecular flexibility index (Phi) is 8.62. The Bertz CT molecular complexity index is 1300. The molecule has 36 heavy (non-hydrogen) atoms. The maximum atomic E-state index is 13.5. The van der Waals surface area contributed by atoms with E-state index in [4.69, 9.17) is 10.5 Å². The lowest BCUT2D eigenvalue weighted by Crippen LogP contribution is -2.31. The molecule has 1 amide bonds. The van der Waals surface area contributed by atoms with Crippen molar-refractivity contribution in [1.29, 1.82) is 0 Å². The average Bonchev–Trinajstić information content (AvgIpc) is 3.34. The normalized spacial score (nSPS) is 12.0. The van der Waals surface area contributed by atoms with Crippen LogP contribution >= 0.6 is 11.3 Å². The molecule has 188 valence electrons. The average molecular weight is 502 g/mol. The van der Waals surface area contributed by atoms with Gasteiger partial charge in [0.15, 0.2) is 0 Å². The summed E-state index contributed by atoms with van der Waals surface area (Å²) >= 11 is 1.55. The number of carbonyl (C=O) groups excluding carboxylic acids is 1. The van der Waals surface area contributed by atoms with Gasteiger partial charge in [-0.25, -0.2) is 0 Å². The smallest absolute Gasteiger partial charge is 0.268 e. The molecule has 1 unspecified atom stereocenters. The molecule has 4 aromatic rings. The highest BCUT2D eigenvalue weighted by Crippen LogP contribution is 2.32. The van der Waals surface area contributed by atoms with Crippen molar-refractivity contribution in [2.75, 3.05) is 24.3 Å². The Hall–Kier alpha value is -3.35. The minimum absolute atomic E-state index is 0.000221. The van der Waals surface area contributed by atoms with E-state index < -0.39 is 0 Å². The third-order valence-corrected chi connectivity index (χ3v) is 7.45. The third kappa shape index (κ3) is 5.89. The standard InChI is InChI=1S/C30H35N3O2S/c1-4-8-26(32-20-21-11-15-24(35-3)16-12-21)22-13-14-23-19-29(36-28(23)18-22)30(34)33(17-5-2)27-10-7-6-9-25(27)31/h6-7,9-16,18-19,26,32H,4-5,8,17,20,31H2,1-3H3. The van der Waals surface area contributed by atoms with Gasteiger partial charge in [0.05, 0.1) is 23.4 Å². The molecule has 1 atom stereocenters. The molecule has 3 N–H and O–H groups in total. The largest absolute Gasteiger partial charge is 0.497 e. The monoisotopic (exact) mass is 501 g/mol. The highest BCUT2D eigenvalue weighted by atomic mass is 32.1. The van der Waals surface area contributed by atoms with Crippen LogP contribution in [0.4, 0.5) is 11.4 Å². The van der Waals surface area contributed by atoms with Crippen LogP contribution in [-0.4, -0.2) is 19.6 Å². The first-order valence-electron chi connectivity index (χ1n) is 12.6. The zero-order valence-electron chi connectivity index (χ0n) is 21.3. The summed E-state index contributed by atoms with van der Waals surface area (Å²) in [6.45, 7) is 5.69. The summed E-state index contributed by atoms with van der Waals surface area (Å²) in [6, 6.07) is 24.5. The van der Waals surface area contributed by atoms with Gasteiger partial charge in [-0.1, -0.05) is 56.7 Å². The van der Waals surface area contributed by atoms with Gasteiger partial charge in [-0.2, -0.15) is 0 Å². The first kappa shape index (κ1) is 25.7. The van der Waals surface area contributed by atoms with E-state index in [0.29, 0.717) is 12.2 Å². The number of fused-ring (bicyclic) bond motifs is 1. The first-order chi connectivity index (χ1) is 17.5. The Labute approximate surface area is 217 Å². The number of carbonyl (C=O) groups is 1. The molecule has 0 spiro atoms. The second-order valence-electron chi connectivity index (χ2n) is 8.99. The number of hydrogen-bond donors (Lipinski definition) is 2. The van der Waals surface area contributed by atoms with Crippen LogP contribution in [0.15, 0.2) is 72.8 Å². The second kappa shape index (κ2) is 12.1. The molecule has 0 saturated carbocycles. The van der Waals surface area contributed by atoms with E-state index in [1.165, 1.54) is 11.1 Å². The molecule has 5 nitrogen and oxygen atoms in total. The topological polar surface area (TPSA) is 67.6 Å². The molecule has 1 heterocycles. The van der Waals surface area contributed by atoms with E-state index in [1.807, 2.05) is 42.5 Å². The van der Waals surface area contributed by atoms with Crippen molar-refractivity contribution in [1.82, 2.24) is 5.32 Å². The lowest BCUT2D eigenvalue weighted by molar-refractivity contribution is 0.0991. The number of ether oxygens (including phenoxy) is 1. The number of para-hydroxylation sites is 2. The van der Waals surface area contributed by atoms with E-state index in [0.717, 1.165) is 52.2 Å². The fraction of sp³-hybridized carbons (Fsp3) is 0.300. The number of hydrogen-bond acceptors (Lipinski definition) is 5. The van der Waals surface area contributed by atoms with Gasteiger partial charge in [0.1, 0.15) is 5.75 Å². The second-order valence-corrected chi connectivity index (χ2v) is 10.1. The van der Waals surface area contributed by atoms with Gasteiger partial charge in [-0.15, -0.1) is 11.3 Å². The Balaban J connectivity index is 1.56. The molecule has 0 aliphatic rings. The quantitative estimate of drug-likeness (QED) is 0.214. The van der Waals surface area contributed by atoms with Crippen molar-refractivity contribution in [3.8, 4) is 5.75 Å². The predicted octanol–water partition coefficient (Wildman–Crippen LogP) is 7.18. The zero-order valence-corrected chi connectivity index (χ0v) is 22.1. The number of anilines is 2. The van der Waals surface area contributed by atoms with Gasteiger partial charge in [0.2, 0.25) is 0 Å². The summed E-state index contributed by atoms with van der Waals surface area (Å²) in [5.74, 6) is 0.866. The fourth-order valence-electron chi connectivity index (χ4n) is 4.45. The van der Waals surface area contributed by atoms with Crippen LogP contribution in [-0.2, 0) is 6.54 Å². The van der Waals surface area contributed by atoms with Gasteiger partial charge in [0, 0.05) is 23.8 Å². The van der Waals surface area contributed by atoms with Crippen LogP contribution < -0.4 is 20.7 Å². The molecule has 0 radical (unpaired) electrons. The minimum Gasteiger partial charge on any atom is -0.497 e. The lowest BCUT2D eigenvalue weighted by atomic mass is 10.0. The molecule has 0 fully saturated rings. The van der Waals surface area contributed by atoms with Crippen LogP contribution in [0.2, 0.25) is 0 Å². The number of nitrogen functional groups attached to an aromatic ring is 1. The molecular weight excluding hydrogens is 466 g/mol. The van der Waals surface area contributed by atoms with Crippen LogP contribution in [0.1, 0.15) is 60.0 Å². The van der Waals surface area contributed by atoms with Crippen molar-refractivity contribution in [2.45, 2.75) is 45.7 Å². The molecule has 6 heteroatoms. The molecule has 0 aliphatic heterocycles. The number of amides is 1. The van der Waals surface area contributed by atoms with Crippen LogP contribution in [0.25, 0.3) is 10.1 Å². The number of benzene rings is 3. The van der Waals surface area contributed by atoms with E-state index in [1.54, 1.807) is 23.3 Å². The molecule has 4 rings (SSSR count). The van der Waals surface area contributed by atoms with E-state index in [2.05, 4.69) is 49.5 Å². The molecule has 0 aliphatic carbocycles. The maximum Gasteiger partial charge on any atom is 0.268 e. The van der Waals surface area contributed by atoms with E-state index in [9.17, 15) is 4.79 Å². The number of methoxy groups -OCH3 is 1. The number of nitrogens with one attached hydrogen (secondary N) is 1. The Morgan fingerprint density at radius 1 is 1.03 bits per heavy atom. The summed E-state index contributed by atoms with van der Waals surface area (Å²) in [7, 11) is 1.68. The summed E-state index contributed by atoms with van der Waals surface area (Å²) < 4.78 is 6.39. The maximum absolute atomic E-state index is 13.5. The van der Waals surface area contributed by atoms with Gasteiger partial charge in [-0.05, 0) is 65.8 Å². The third-order valence-electron chi connectivity index (χ3n) is 6.37. The highest BCUT2D eigenvalue weighted by molar-refractivity contribution is 7.20. The molecule has 0 saturated heterocycles.